The van der Waals surface area contributed by atoms with Crippen LogP contribution in [-0.4, -0.2) is 66.1 Å². The van der Waals surface area contributed by atoms with Gasteiger partial charge in [-0.15, -0.1) is 0 Å². The van der Waals surface area contributed by atoms with Gasteiger partial charge in [0.05, 0.1) is 18.7 Å². The first-order chi connectivity index (χ1) is 11.8. The number of morpholine rings is 1. The number of rotatable bonds is 2. The van der Waals surface area contributed by atoms with Crippen LogP contribution >= 0.6 is 0 Å². The maximum Gasteiger partial charge on any atom is 0.253 e. The molecular formula is C19H23N3O2. The number of carbonyl (C=O) groups excluding carboxylic acids is 1. The minimum Gasteiger partial charge on any atom is -0.379 e. The van der Waals surface area contributed by atoms with Gasteiger partial charge in [-0.3, -0.25) is 14.7 Å². The third kappa shape index (κ3) is 3.14. The van der Waals surface area contributed by atoms with Gasteiger partial charge >= 0.3 is 0 Å². The van der Waals surface area contributed by atoms with E-state index >= 15 is 0 Å². The second-order valence-electron chi connectivity index (χ2n) is 6.58. The number of likely N-dealkylation sites (tertiary alicyclic amines) is 1. The summed E-state index contributed by atoms with van der Waals surface area (Å²) in [4.78, 5) is 21.6. The van der Waals surface area contributed by atoms with Gasteiger partial charge in [0.1, 0.15) is 0 Å². The Labute approximate surface area is 142 Å². The van der Waals surface area contributed by atoms with Gasteiger partial charge in [0.25, 0.3) is 5.91 Å². The van der Waals surface area contributed by atoms with Crippen LogP contribution in [0.25, 0.3) is 10.9 Å². The zero-order chi connectivity index (χ0) is 16.4. The van der Waals surface area contributed by atoms with Gasteiger partial charge < -0.3 is 9.64 Å². The molecule has 4 rings (SSSR count). The number of hydrogen-bond donors (Lipinski definition) is 0. The van der Waals surface area contributed by atoms with E-state index in [9.17, 15) is 4.79 Å². The minimum atomic E-state index is 0.140. The van der Waals surface area contributed by atoms with Crippen LogP contribution in [0.4, 0.5) is 0 Å². The summed E-state index contributed by atoms with van der Waals surface area (Å²) in [6.45, 7) is 5.40. The van der Waals surface area contributed by atoms with Crippen LogP contribution in [0.1, 0.15) is 23.2 Å². The van der Waals surface area contributed by atoms with E-state index in [1.807, 2.05) is 35.2 Å². The lowest BCUT2D eigenvalue weighted by Gasteiger charge is -2.40. The van der Waals surface area contributed by atoms with Crippen molar-refractivity contribution in [3.8, 4) is 0 Å². The van der Waals surface area contributed by atoms with Crippen LogP contribution in [0, 0.1) is 0 Å². The van der Waals surface area contributed by atoms with Crippen molar-refractivity contribution in [2.24, 2.45) is 0 Å². The van der Waals surface area contributed by atoms with Crippen molar-refractivity contribution < 1.29 is 9.53 Å². The summed E-state index contributed by atoms with van der Waals surface area (Å²) in [5.74, 6) is 0.140. The van der Waals surface area contributed by atoms with Gasteiger partial charge in [-0.2, -0.15) is 0 Å². The predicted octanol–water partition coefficient (Wildman–Crippen LogP) is 2.17. The van der Waals surface area contributed by atoms with E-state index in [0.717, 1.165) is 68.7 Å². The molecule has 0 bridgehead atoms. The number of nitrogens with zero attached hydrogens (tertiary/aromatic N) is 3. The highest BCUT2D eigenvalue weighted by atomic mass is 16.5. The molecule has 3 heterocycles. The monoisotopic (exact) mass is 325 g/mol. The van der Waals surface area contributed by atoms with E-state index in [0.29, 0.717) is 6.04 Å². The van der Waals surface area contributed by atoms with Crippen molar-refractivity contribution in [3.63, 3.8) is 0 Å². The quantitative estimate of drug-likeness (QED) is 0.849. The van der Waals surface area contributed by atoms with Crippen molar-refractivity contribution in [1.82, 2.24) is 14.8 Å². The number of carbonyl (C=O) groups is 1. The number of pyridine rings is 1. The lowest BCUT2D eigenvalue weighted by molar-refractivity contribution is 0.00159. The summed E-state index contributed by atoms with van der Waals surface area (Å²) in [6.07, 6.45) is 3.89. The fourth-order valence-corrected chi connectivity index (χ4v) is 3.77. The van der Waals surface area contributed by atoms with Crippen LogP contribution in [-0.2, 0) is 4.74 Å². The molecule has 0 spiro atoms. The summed E-state index contributed by atoms with van der Waals surface area (Å²) in [6, 6.07) is 10.3. The van der Waals surface area contributed by atoms with Crippen molar-refractivity contribution in [2.75, 3.05) is 39.4 Å². The molecule has 0 N–H and O–H groups in total. The van der Waals surface area contributed by atoms with Crippen LogP contribution < -0.4 is 0 Å². The summed E-state index contributed by atoms with van der Waals surface area (Å²) in [7, 11) is 0. The Hall–Kier alpha value is -1.98. The standard InChI is InChI=1S/C19H23N3O2/c23-19(16-3-4-18-15(14-16)2-1-7-20-18)22-8-5-17(6-9-22)21-10-12-24-13-11-21/h1-4,7,14,17H,5-6,8-13H2. The Morgan fingerprint density at radius 1 is 1.08 bits per heavy atom. The lowest BCUT2D eigenvalue weighted by Crippen LogP contribution is -2.50. The van der Waals surface area contributed by atoms with Crippen LogP contribution in [0.15, 0.2) is 36.5 Å². The van der Waals surface area contributed by atoms with E-state index in [1.54, 1.807) is 6.20 Å². The Morgan fingerprint density at radius 2 is 1.88 bits per heavy atom. The zero-order valence-electron chi connectivity index (χ0n) is 13.9. The smallest absolute Gasteiger partial charge is 0.253 e. The van der Waals surface area contributed by atoms with Crippen molar-refractivity contribution in [2.45, 2.75) is 18.9 Å². The molecule has 0 aliphatic carbocycles. The van der Waals surface area contributed by atoms with Crippen LogP contribution in [0.3, 0.4) is 0 Å². The number of ether oxygens (including phenoxy) is 1. The molecule has 2 aliphatic rings. The first-order valence-corrected chi connectivity index (χ1v) is 8.77. The third-order valence-corrected chi connectivity index (χ3v) is 5.16. The molecule has 2 fully saturated rings. The van der Waals surface area contributed by atoms with E-state index in [2.05, 4.69) is 9.88 Å². The highest BCUT2D eigenvalue weighted by Crippen LogP contribution is 2.21. The molecule has 2 aromatic rings. The first-order valence-electron chi connectivity index (χ1n) is 8.77. The lowest BCUT2D eigenvalue weighted by atomic mass is 10.0. The van der Waals surface area contributed by atoms with Gasteiger partial charge in [-0.1, -0.05) is 6.07 Å². The van der Waals surface area contributed by atoms with Gasteiger partial charge in [0.2, 0.25) is 0 Å². The molecule has 5 nitrogen and oxygen atoms in total. The van der Waals surface area contributed by atoms with Crippen molar-refractivity contribution >= 4 is 16.8 Å². The largest absolute Gasteiger partial charge is 0.379 e. The summed E-state index contributed by atoms with van der Waals surface area (Å²) in [5.41, 5.74) is 1.69. The normalized spacial score (nSPS) is 20.4. The fourth-order valence-electron chi connectivity index (χ4n) is 3.77. The number of piperidine rings is 1. The zero-order valence-corrected chi connectivity index (χ0v) is 13.9. The van der Waals surface area contributed by atoms with E-state index in [1.165, 1.54) is 0 Å². The Kier molecular flexibility index (Phi) is 4.45. The highest BCUT2D eigenvalue weighted by molar-refractivity contribution is 5.98. The van der Waals surface area contributed by atoms with Gasteiger partial charge in [0, 0.05) is 49.4 Å². The van der Waals surface area contributed by atoms with E-state index < -0.39 is 0 Å². The molecule has 1 aromatic heterocycles. The first kappa shape index (κ1) is 15.5. The molecule has 0 radical (unpaired) electrons. The third-order valence-electron chi connectivity index (χ3n) is 5.16. The number of aromatic nitrogens is 1. The topological polar surface area (TPSA) is 45.7 Å². The number of fused-ring (bicyclic) bond motifs is 1. The Morgan fingerprint density at radius 3 is 2.67 bits per heavy atom. The predicted molar refractivity (Wildman–Crippen MR) is 93.1 cm³/mol. The highest BCUT2D eigenvalue weighted by Gasteiger charge is 2.28. The molecule has 0 atom stereocenters. The molecule has 0 saturated carbocycles. The molecule has 126 valence electrons. The Balaban J connectivity index is 1.41. The summed E-state index contributed by atoms with van der Waals surface area (Å²) < 4.78 is 5.43. The number of hydrogen-bond acceptors (Lipinski definition) is 4. The second kappa shape index (κ2) is 6.87. The molecule has 2 saturated heterocycles. The second-order valence-corrected chi connectivity index (χ2v) is 6.58. The van der Waals surface area contributed by atoms with E-state index in [-0.39, 0.29) is 5.91 Å². The molecule has 0 unspecified atom stereocenters. The average molecular weight is 325 g/mol. The minimum absolute atomic E-state index is 0.140. The average Bonchev–Trinajstić information content (AvgIpc) is 2.68. The van der Waals surface area contributed by atoms with E-state index in [4.69, 9.17) is 4.74 Å². The molecule has 5 heteroatoms. The Bertz CT molecular complexity index is 719. The molecule has 2 aliphatic heterocycles. The van der Waals surface area contributed by atoms with Gasteiger partial charge in [-0.25, -0.2) is 0 Å². The van der Waals surface area contributed by atoms with Crippen molar-refractivity contribution in [1.29, 1.82) is 0 Å². The number of amides is 1. The van der Waals surface area contributed by atoms with Crippen LogP contribution in [0.2, 0.25) is 0 Å². The molecular weight excluding hydrogens is 302 g/mol. The SMILES string of the molecule is O=C(c1ccc2ncccc2c1)N1CCC(N2CCOCC2)CC1. The fraction of sp³-hybridized carbons (Fsp3) is 0.474. The van der Waals surface area contributed by atoms with Crippen LogP contribution in [0.5, 0.6) is 0 Å². The summed E-state index contributed by atoms with van der Waals surface area (Å²) >= 11 is 0. The van der Waals surface area contributed by atoms with Gasteiger partial charge in [-0.05, 0) is 37.1 Å². The number of benzene rings is 1. The summed E-state index contributed by atoms with van der Waals surface area (Å²) in [5, 5.41) is 1.02. The van der Waals surface area contributed by atoms with Gasteiger partial charge in [0.15, 0.2) is 0 Å². The maximum absolute atomic E-state index is 12.8. The maximum atomic E-state index is 12.8. The molecule has 1 aromatic carbocycles. The molecule has 24 heavy (non-hydrogen) atoms. The molecule has 1 amide bonds. The van der Waals surface area contributed by atoms with Crippen molar-refractivity contribution in [3.05, 3.63) is 42.1 Å².